The van der Waals surface area contributed by atoms with Gasteiger partial charge in [0.15, 0.2) is 5.69 Å². The van der Waals surface area contributed by atoms with E-state index in [9.17, 15) is 14.4 Å². The molecule has 0 unspecified atom stereocenters. The van der Waals surface area contributed by atoms with E-state index in [2.05, 4.69) is 4.98 Å². The highest BCUT2D eigenvalue weighted by Crippen LogP contribution is 2.35. The van der Waals surface area contributed by atoms with Crippen molar-refractivity contribution >= 4 is 39.7 Å². The number of H-pyrrole nitrogens is 1. The maximum absolute atomic E-state index is 13.3. The van der Waals surface area contributed by atoms with Gasteiger partial charge in [-0.2, -0.15) is 0 Å². The van der Waals surface area contributed by atoms with Crippen molar-refractivity contribution in [2.24, 2.45) is 0 Å². The normalized spacial score (nSPS) is 10.9. The van der Waals surface area contributed by atoms with E-state index in [1.54, 1.807) is 48.5 Å². The van der Waals surface area contributed by atoms with Crippen LogP contribution in [0.2, 0.25) is 0 Å². The average molecular weight is 376 g/mol. The van der Waals surface area contributed by atoms with E-state index in [0.717, 1.165) is 0 Å². The third-order valence-corrected chi connectivity index (χ3v) is 4.61. The molecule has 0 amide bonds. The zero-order valence-corrected chi connectivity index (χ0v) is 15.2. The van der Waals surface area contributed by atoms with Gasteiger partial charge in [0.1, 0.15) is 5.69 Å². The number of para-hydroxylation sites is 1. The first-order chi connectivity index (χ1) is 13.6. The SMILES string of the molecule is COC(=O)c1[nH]c(C(=O)OC)c2c1c1ccccc1n2C(=O)c1ccccc1. The minimum Gasteiger partial charge on any atom is -0.464 e. The lowest BCUT2D eigenvalue weighted by Gasteiger charge is -2.07. The van der Waals surface area contributed by atoms with Gasteiger partial charge < -0.3 is 14.5 Å². The van der Waals surface area contributed by atoms with Crippen LogP contribution in [0.1, 0.15) is 31.3 Å². The van der Waals surface area contributed by atoms with Crippen molar-refractivity contribution in [3.8, 4) is 0 Å². The van der Waals surface area contributed by atoms with Gasteiger partial charge >= 0.3 is 11.9 Å². The second-order valence-electron chi connectivity index (χ2n) is 6.11. The smallest absolute Gasteiger partial charge is 0.356 e. The largest absolute Gasteiger partial charge is 0.464 e. The van der Waals surface area contributed by atoms with Gasteiger partial charge in [-0.25, -0.2) is 9.59 Å². The zero-order valence-electron chi connectivity index (χ0n) is 15.2. The van der Waals surface area contributed by atoms with Crippen molar-refractivity contribution in [1.82, 2.24) is 9.55 Å². The third-order valence-electron chi connectivity index (χ3n) is 4.61. The summed E-state index contributed by atoms with van der Waals surface area (Å²) in [5, 5.41) is 1.08. The molecular weight excluding hydrogens is 360 g/mol. The van der Waals surface area contributed by atoms with Crippen LogP contribution in [0.15, 0.2) is 54.6 Å². The first-order valence-corrected chi connectivity index (χ1v) is 8.50. The predicted molar refractivity (Wildman–Crippen MR) is 103 cm³/mol. The molecule has 0 spiro atoms. The van der Waals surface area contributed by atoms with E-state index in [4.69, 9.17) is 9.47 Å². The van der Waals surface area contributed by atoms with Gasteiger partial charge in [0.25, 0.3) is 5.91 Å². The lowest BCUT2D eigenvalue weighted by molar-refractivity contribution is 0.0592. The Kier molecular flexibility index (Phi) is 4.19. The lowest BCUT2D eigenvalue weighted by atomic mass is 10.1. The summed E-state index contributed by atoms with van der Waals surface area (Å²) in [4.78, 5) is 40.9. The molecule has 2 heterocycles. The summed E-state index contributed by atoms with van der Waals surface area (Å²) >= 11 is 0. The van der Waals surface area contributed by atoms with Crippen molar-refractivity contribution in [2.45, 2.75) is 0 Å². The van der Waals surface area contributed by atoms with E-state index in [1.807, 2.05) is 6.07 Å². The number of carbonyl (C=O) groups is 3. The Labute approximate surface area is 159 Å². The number of ether oxygens (including phenoxy) is 2. The van der Waals surface area contributed by atoms with Crippen LogP contribution in [-0.2, 0) is 9.47 Å². The molecule has 0 fully saturated rings. The molecule has 2 aromatic carbocycles. The molecule has 7 nitrogen and oxygen atoms in total. The van der Waals surface area contributed by atoms with Crippen molar-refractivity contribution in [2.75, 3.05) is 14.2 Å². The maximum Gasteiger partial charge on any atom is 0.356 e. The number of benzene rings is 2. The molecule has 1 N–H and O–H groups in total. The summed E-state index contributed by atoms with van der Waals surface area (Å²) in [6.45, 7) is 0. The van der Waals surface area contributed by atoms with Gasteiger partial charge in [-0.1, -0.05) is 36.4 Å². The molecule has 0 aliphatic rings. The summed E-state index contributed by atoms with van der Waals surface area (Å²) in [7, 11) is 2.49. The Balaban J connectivity index is 2.16. The second-order valence-corrected chi connectivity index (χ2v) is 6.11. The number of nitrogens with one attached hydrogen (secondary N) is 1. The second kappa shape index (κ2) is 6.70. The van der Waals surface area contributed by atoms with Crippen LogP contribution in [-0.4, -0.2) is 41.6 Å². The van der Waals surface area contributed by atoms with Crippen molar-refractivity contribution in [3.05, 3.63) is 71.5 Å². The number of hydrogen-bond donors (Lipinski definition) is 1. The Bertz CT molecular complexity index is 1230. The molecule has 2 aromatic heterocycles. The highest BCUT2D eigenvalue weighted by Gasteiger charge is 2.29. The van der Waals surface area contributed by atoms with Crippen LogP contribution in [0.3, 0.4) is 0 Å². The van der Waals surface area contributed by atoms with Crippen molar-refractivity contribution in [1.29, 1.82) is 0 Å². The van der Waals surface area contributed by atoms with Crippen LogP contribution < -0.4 is 0 Å². The summed E-state index contributed by atoms with van der Waals surface area (Å²) in [5.41, 5.74) is 1.40. The van der Waals surface area contributed by atoms with Gasteiger partial charge in [-0.05, 0) is 18.2 Å². The summed E-state index contributed by atoms with van der Waals surface area (Å²) in [6, 6.07) is 15.8. The lowest BCUT2D eigenvalue weighted by Crippen LogP contribution is -2.14. The fourth-order valence-corrected chi connectivity index (χ4v) is 3.40. The molecular formula is C21H16N2O5. The quantitative estimate of drug-likeness (QED) is 0.554. The van der Waals surface area contributed by atoms with E-state index in [1.165, 1.54) is 18.8 Å². The molecule has 140 valence electrons. The molecule has 0 aliphatic heterocycles. The van der Waals surface area contributed by atoms with Gasteiger partial charge in [-0.3, -0.25) is 9.36 Å². The minimum absolute atomic E-state index is 0.0124. The molecule has 7 heteroatoms. The maximum atomic E-state index is 13.3. The van der Waals surface area contributed by atoms with E-state index < -0.39 is 11.9 Å². The molecule has 0 radical (unpaired) electrons. The standard InChI is InChI=1S/C21H16N2O5/c1-27-20(25)16-15-13-10-6-7-11-14(13)23(18(15)17(22-16)21(26)28-2)19(24)12-8-4-3-5-9-12/h3-11,22H,1-2H3. The molecule has 4 rings (SSSR count). The number of methoxy groups -OCH3 is 2. The van der Waals surface area contributed by atoms with Crippen LogP contribution in [0.25, 0.3) is 21.8 Å². The average Bonchev–Trinajstić information content (AvgIpc) is 3.28. The highest BCUT2D eigenvalue weighted by atomic mass is 16.5. The van der Waals surface area contributed by atoms with E-state index >= 15 is 0 Å². The number of esters is 2. The number of aromatic nitrogens is 2. The van der Waals surface area contributed by atoms with E-state index in [-0.39, 0.29) is 22.8 Å². The molecule has 28 heavy (non-hydrogen) atoms. The predicted octanol–water partition coefficient (Wildman–Crippen LogP) is 3.38. The topological polar surface area (TPSA) is 90.4 Å². The zero-order chi connectivity index (χ0) is 19.8. The molecule has 0 saturated heterocycles. The fourth-order valence-electron chi connectivity index (χ4n) is 3.40. The molecule has 4 aromatic rings. The van der Waals surface area contributed by atoms with Crippen LogP contribution >= 0.6 is 0 Å². The number of aromatic amines is 1. The first kappa shape index (κ1) is 17.5. The van der Waals surface area contributed by atoms with Gasteiger partial charge in [-0.15, -0.1) is 0 Å². The van der Waals surface area contributed by atoms with Crippen molar-refractivity contribution < 1.29 is 23.9 Å². The Hall–Kier alpha value is -3.87. The van der Waals surface area contributed by atoms with E-state index in [0.29, 0.717) is 21.9 Å². The summed E-state index contributed by atoms with van der Waals surface area (Å²) in [6.07, 6.45) is 0. The Morgan fingerprint density at radius 3 is 2.11 bits per heavy atom. The van der Waals surface area contributed by atoms with Gasteiger partial charge in [0, 0.05) is 16.3 Å². The number of fused-ring (bicyclic) bond motifs is 3. The molecule has 0 bridgehead atoms. The third kappa shape index (κ3) is 2.48. The summed E-state index contributed by atoms with van der Waals surface area (Å²) < 4.78 is 11.1. The fraction of sp³-hybridized carbons (Fsp3) is 0.0952. The Morgan fingerprint density at radius 1 is 0.821 bits per heavy atom. The van der Waals surface area contributed by atoms with Gasteiger partial charge in [0.2, 0.25) is 0 Å². The van der Waals surface area contributed by atoms with Gasteiger partial charge in [0.05, 0.1) is 25.3 Å². The minimum atomic E-state index is -0.690. The first-order valence-electron chi connectivity index (χ1n) is 8.50. The number of hydrogen-bond acceptors (Lipinski definition) is 5. The van der Waals surface area contributed by atoms with Crippen LogP contribution in [0, 0.1) is 0 Å². The number of nitrogens with zero attached hydrogens (tertiary/aromatic N) is 1. The molecule has 0 aliphatic carbocycles. The van der Waals surface area contributed by atoms with Crippen LogP contribution in [0.4, 0.5) is 0 Å². The Morgan fingerprint density at radius 2 is 1.43 bits per heavy atom. The monoisotopic (exact) mass is 376 g/mol. The number of carbonyl (C=O) groups excluding carboxylic acids is 3. The molecule has 0 saturated carbocycles. The van der Waals surface area contributed by atoms with Crippen molar-refractivity contribution in [3.63, 3.8) is 0 Å². The van der Waals surface area contributed by atoms with Crippen LogP contribution in [0.5, 0.6) is 0 Å². The highest BCUT2D eigenvalue weighted by molar-refractivity contribution is 6.25. The number of rotatable bonds is 3. The molecule has 0 atom stereocenters. The summed E-state index contributed by atoms with van der Waals surface area (Å²) in [5.74, 6) is -1.66.